The van der Waals surface area contributed by atoms with E-state index in [4.69, 9.17) is 9.47 Å². The number of hydrogen-bond donors (Lipinski definition) is 2. The average molecular weight is 417 g/mol. The molecule has 0 spiro atoms. The van der Waals surface area contributed by atoms with Gasteiger partial charge in [-0.15, -0.1) is 11.8 Å². The van der Waals surface area contributed by atoms with Crippen LogP contribution in [0.4, 0.5) is 0 Å². The minimum absolute atomic E-state index is 0.0710. The number of thioether (sulfide) groups is 1. The molecule has 10 heteroatoms. The number of carbonyl (C=O) groups is 2. The van der Waals surface area contributed by atoms with Crippen LogP contribution in [0.3, 0.4) is 0 Å². The first-order valence-electron chi connectivity index (χ1n) is 8.59. The maximum Gasteiger partial charge on any atom is 0.279 e. The predicted octanol–water partition coefficient (Wildman–Crippen LogP) is 0.920. The van der Waals surface area contributed by atoms with Gasteiger partial charge in [-0.05, 0) is 44.5 Å². The van der Waals surface area contributed by atoms with Gasteiger partial charge in [0.25, 0.3) is 5.91 Å². The van der Waals surface area contributed by atoms with Gasteiger partial charge in [0.05, 0.1) is 23.9 Å². The Morgan fingerprint density at radius 1 is 1.22 bits per heavy atom. The topological polar surface area (TPSA) is 111 Å². The molecule has 1 aliphatic heterocycles. The molecule has 1 heterocycles. The van der Waals surface area contributed by atoms with Gasteiger partial charge in [-0.1, -0.05) is 0 Å². The zero-order chi connectivity index (χ0) is 19.9. The Hall–Kier alpha value is -1.94. The minimum atomic E-state index is -2.96. The molecule has 0 aromatic heterocycles. The second-order valence-electron chi connectivity index (χ2n) is 6.04. The number of ether oxygens (including phenoxy) is 2. The number of nitrogens with one attached hydrogen (secondary N) is 2. The van der Waals surface area contributed by atoms with E-state index in [1.165, 1.54) is 11.8 Å². The molecule has 2 amide bonds. The van der Waals surface area contributed by atoms with Crippen molar-refractivity contribution >= 4 is 33.4 Å². The van der Waals surface area contributed by atoms with E-state index in [9.17, 15) is 18.0 Å². The minimum Gasteiger partial charge on any atom is -0.494 e. The molecule has 2 atom stereocenters. The summed E-state index contributed by atoms with van der Waals surface area (Å²) in [5.41, 5.74) is 4.62. The predicted molar refractivity (Wildman–Crippen MR) is 104 cm³/mol. The summed E-state index contributed by atoms with van der Waals surface area (Å²) in [4.78, 5) is 23.8. The molecule has 0 aliphatic carbocycles. The third kappa shape index (κ3) is 7.30. The first-order valence-corrected chi connectivity index (χ1v) is 11.5. The van der Waals surface area contributed by atoms with E-state index in [1.807, 2.05) is 6.92 Å². The Morgan fingerprint density at radius 2 is 1.89 bits per heavy atom. The second kappa shape index (κ2) is 9.84. The molecular weight excluding hydrogens is 392 g/mol. The number of benzene rings is 1. The number of amides is 2. The summed E-state index contributed by atoms with van der Waals surface area (Å²) in [5, 5.41) is -0.0710. The van der Waals surface area contributed by atoms with Crippen LogP contribution in [0, 0.1) is 0 Å². The summed E-state index contributed by atoms with van der Waals surface area (Å²) in [6.07, 6.45) is -0.254. The van der Waals surface area contributed by atoms with Crippen molar-refractivity contribution < 1.29 is 27.5 Å². The van der Waals surface area contributed by atoms with Gasteiger partial charge in [-0.3, -0.25) is 20.4 Å². The summed E-state index contributed by atoms with van der Waals surface area (Å²) in [7, 11) is -2.96. The highest BCUT2D eigenvalue weighted by atomic mass is 32.2. The Kier molecular flexibility index (Phi) is 7.78. The smallest absolute Gasteiger partial charge is 0.279 e. The van der Waals surface area contributed by atoms with Crippen LogP contribution in [0.1, 0.15) is 20.3 Å². The fourth-order valence-corrected chi connectivity index (χ4v) is 5.84. The highest BCUT2D eigenvalue weighted by molar-refractivity contribution is 8.02. The third-order valence-electron chi connectivity index (χ3n) is 3.78. The first kappa shape index (κ1) is 21.4. The highest BCUT2D eigenvalue weighted by Gasteiger charge is 2.28. The quantitative estimate of drug-likeness (QED) is 0.606. The van der Waals surface area contributed by atoms with Crippen LogP contribution in [0.2, 0.25) is 0 Å². The second-order valence-corrected chi connectivity index (χ2v) is 9.56. The maximum atomic E-state index is 12.0. The molecule has 2 rings (SSSR count). The number of carbonyl (C=O) groups excluding carboxylic acids is 2. The van der Waals surface area contributed by atoms with Gasteiger partial charge >= 0.3 is 0 Å². The summed E-state index contributed by atoms with van der Waals surface area (Å²) in [6, 6.07) is 6.87. The molecule has 1 aromatic rings. The van der Waals surface area contributed by atoms with Gasteiger partial charge in [0.2, 0.25) is 5.91 Å². The summed E-state index contributed by atoms with van der Waals surface area (Å²) in [5.74, 6) is 0.672. The standard InChI is InChI=1S/C17H24N2O6S2/c1-3-24-13-4-6-14(7-5-13)25-12(2)17(21)19-18-16(20)10-26-15-8-9-27(22,23)11-15/h4-7,12,15H,3,8-11H2,1-2H3,(H,18,20)(H,19,21)/t12-,15-/m1/s1. The molecule has 8 nitrogen and oxygen atoms in total. The van der Waals surface area contributed by atoms with Crippen molar-refractivity contribution in [1.29, 1.82) is 0 Å². The number of sulfone groups is 1. The summed E-state index contributed by atoms with van der Waals surface area (Å²) in [6.45, 7) is 4.02. The van der Waals surface area contributed by atoms with Gasteiger partial charge in [0.15, 0.2) is 15.9 Å². The number of hydrogen-bond acceptors (Lipinski definition) is 7. The van der Waals surface area contributed by atoms with Crippen molar-refractivity contribution in [1.82, 2.24) is 10.9 Å². The highest BCUT2D eigenvalue weighted by Crippen LogP contribution is 2.24. The molecule has 1 saturated heterocycles. The van der Waals surface area contributed by atoms with Crippen LogP contribution >= 0.6 is 11.8 Å². The molecule has 0 bridgehead atoms. The molecule has 0 saturated carbocycles. The summed E-state index contributed by atoms with van der Waals surface area (Å²) < 4.78 is 33.6. The lowest BCUT2D eigenvalue weighted by Crippen LogP contribution is -2.47. The van der Waals surface area contributed by atoms with E-state index >= 15 is 0 Å². The Morgan fingerprint density at radius 3 is 2.48 bits per heavy atom. The van der Waals surface area contributed by atoms with Crippen LogP contribution in [0.5, 0.6) is 11.5 Å². The van der Waals surface area contributed by atoms with E-state index in [0.29, 0.717) is 24.5 Å². The van der Waals surface area contributed by atoms with Crippen molar-refractivity contribution in [3.05, 3.63) is 24.3 Å². The Bertz CT molecular complexity index is 751. The zero-order valence-electron chi connectivity index (χ0n) is 15.3. The third-order valence-corrected chi connectivity index (χ3v) is 7.06. The van der Waals surface area contributed by atoms with Crippen LogP contribution in [-0.4, -0.2) is 55.5 Å². The average Bonchev–Trinajstić information content (AvgIpc) is 2.98. The lowest BCUT2D eigenvalue weighted by molar-refractivity contribution is -0.131. The van der Waals surface area contributed by atoms with Crippen LogP contribution in [0.15, 0.2) is 24.3 Å². The van der Waals surface area contributed by atoms with E-state index < -0.39 is 27.8 Å². The van der Waals surface area contributed by atoms with E-state index in [1.54, 1.807) is 31.2 Å². The molecule has 1 aromatic carbocycles. The molecule has 2 N–H and O–H groups in total. The molecule has 0 unspecified atom stereocenters. The van der Waals surface area contributed by atoms with Crippen molar-refractivity contribution in [2.24, 2.45) is 0 Å². The number of hydrazine groups is 1. The van der Waals surface area contributed by atoms with Gasteiger partial charge in [0, 0.05) is 5.25 Å². The first-order chi connectivity index (χ1) is 12.8. The van der Waals surface area contributed by atoms with Crippen LogP contribution in [-0.2, 0) is 19.4 Å². The maximum absolute atomic E-state index is 12.0. The van der Waals surface area contributed by atoms with Crippen molar-refractivity contribution in [2.45, 2.75) is 31.6 Å². The van der Waals surface area contributed by atoms with E-state index in [-0.39, 0.29) is 22.5 Å². The van der Waals surface area contributed by atoms with Crippen molar-refractivity contribution in [2.75, 3.05) is 23.9 Å². The molecule has 1 aliphatic rings. The van der Waals surface area contributed by atoms with E-state index in [2.05, 4.69) is 10.9 Å². The zero-order valence-corrected chi connectivity index (χ0v) is 16.9. The SMILES string of the molecule is CCOc1ccc(O[C@H](C)C(=O)NNC(=O)CS[C@@H]2CCS(=O)(=O)C2)cc1. The van der Waals surface area contributed by atoms with Gasteiger partial charge in [0.1, 0.15) is 11.5 Å². The monoisotopic (exact) mass is 416 g/mol. The van der Waals surface area contributed by atoms with Crippen LogP contribution in [0.25, 0.3) is 0 Å². The Labute approximate surface area is 163 Å². The Balaban J connectivity index is 1.68. The molecule has 1 fully saturated rings. The van der Waals surface area contributed by atoms with Crippen molar-refractivity contribution in [3.63, 3.8) is 0 Å². The fraction of sp³-hybridized carbons (Fsp3) is 0.529. The fourth-order valence-electron chi connectivity index (χ4n) is 2.39. The van der Waals surface area contributed by atoms with Gasteiger partial charge in [-0.25, -0.2) is 8.42 Å². The molecular formula is C17H24N2O6S2. The molecule has 0 radical (unpaired) electrons. The summed E-state index contributed by atoms with van der Waals surface area (Å²) >= 11 is 1.28. The normalized spacial score (nSPS) is 19.1. The van der Waals surface area contributed by atoms with Crippen molar-refractivity contribution in [3.8, 4) is 11.5 Å². The lowest BCUT2D eigenvalue weighted by Gasteiger charge is -2.15. The number of rotatable bonds is 8. The largest absolute Gasteiger partial charge is 0.494 e. The lowest BCUT2D eigenvalue weighted by atomic mass is 10.3. The van der Waals surface area contributed by atoms with Gasteiger partial charge in [-0.2, -0.15) is 0 Å². The molecule has 150 valence electrons. The van der Waals surface area contributed by atoms with E-state index in [0.717, 1.165) is 0 Å². The van der Waals surface area contributed by atoms with Crippen LogP contribution < -0.4 is 20.3 Å². The van der Waals surface area contributed by atoms with Gasteiger partial charge < -0.3 is 9.47 Å². The molecule has 27 heavy (non-hydrogen) atoms.